The molecule has 7 heteroatoms. The van der Waals surface area contributed by atoms with Crippen LogP contribution in [0.25, 0.3) is 0 Å². The molecule has 1 N–H and O–H groups in total. The Morgan fingerprint density at radius 1 is 1.17 bits per heavy atom. The van der Waals surface area contributed by atoms with Crippen molar-refractivity contribution in [1.29, 1.82) is 0 Å². The summed E-state index contributed by atoms with van der Waals surface area (Å²) in [6.45, 7) is 3.64. The van der Waals surface area contributed by atoms with E-state index in [2.05, 4.69) is 26.3 Å². The van der Waals surface area contributed by atoms with Crippen molar-refractivity contribution in [1.82, 2.24) is 15.1 Å². The number of nitrogens with zero attached hydrogens (tertiary/aromatic N) is 2. The molecule has 0 aliphatic carbocycles. The van der Waals surface area contributed by atoms with Gasteiger partial charge in [-0.15, -0.1) is 0 Å². The van der Waals surface area contributed by atoms with E-state index in [0.29, 0.717) is 30.2 Å². The Labute approximate surface area is 179 Å². The van der Waals surface area contributed by atoms with Gasteiger partial charge in [0.2, 0.25) is 0 Å². The predicted molar refractivity (Wildman–Crippen MR) is 115 cm³/mol. The Hall–Kier alpha value is -2.80. The smallest absolute Gasteiger partial charge is 0.251 e. The number of para-hydroxylation sites is 2. The minimum atomic E-state index is -0.0954. The number of benzene rings is 2. The molecule has 0 fully saturated rings. The van der Waals surface area contributed by atoms with E-state index >= 15 is 0 Å². The number of carbonyl (C=O) groups excluding carboxylic acids is 1. The van der Waals surface area contributed by atoms with E-state index in [4.69, 9.17) is 9.47 Å². The van der Waals surface area contributed by atoms with Gasteiger partial charge in [0, 0.05) is 24.8 Å². The number of aromatic nitrogens is 2. The molecule has 1 amide bonds. The summed E-state index contributed by atoms with van der Waals surface area (Å²) in [5.41, 5.74) is 2.49. The maximum absolute atomic E-state index is 12.4. The van der Waals surface area contributed by atoms with Gasteiger partial charge in [-0.2, -0.15) is 5.10 Å². The average molecular weight is 458 g/mol. The second-order valence-electron chi connectivity index (χ2n) is 6.57. The lowest BCUT2D eigenvalue weighted by Crippen LogP contribution is -2.25. The van der Waals surface area contributed by atoms with Crippen molar-refractivity contribution >= 4 is 21.8 Å². The summed E-state index contributed by atoms with van der Waals surface area (Å²) in [6.07, 6.45) is 2.75. The quantitative estimate of drug-likeness (QED) is 0.484. The van der Waals surface area contributed by atoms with Crippen LogP contribution in [0, 0.1) is 6.92 Å². The van der Waals surface area contributed by atoms with E-state index in [-0.39, 0.29) is 5.91 Å². The highest BCUT2D eigenvalue weighted by Crippen LogP contribution is 2.26. The number of amides is 1. The maximum atomic E-state index is 12.4. The van der Waals surface area contributed by atoms with Gasteiger partial charge in [0.15, 0.2) is 11.5 Å². The molecule has 0 unspecified atom stereocenters. The van der Waals surface area contributed by atoms with Crippen molar-refractivity contribution in [3.63, 3.8) is 0 Å². The van der Waals surface area contributed by atoms with Crippen LogP contribution in [0.5, 0.6) is 11.5 Å². The van der Waals surface area contributed by atoms with Gasteiger partial charge in [-0.3, -0.25) is 9.48 Å². The van der Waals surface area contributed by atoms with E-state index in [1.807, 2.05) is 60.3 Å². The molecule has 3 rings (SSSR count). The minimum absolute atomic E-state index is 0.0954. The molecule has 6 nitrogen and oxygen atoms in total. The van der Waals surface area contributed by atoms with Gasteiger partial charge >= 0.3 is 0 Å². The first kappa shape index (κ1) is 20.9. The van der Waals surface area contributed by atoms with Crippen molar-refractivity contribution in [2.24, 2.45) is 0 Å². The van der Waals surface area contributed by atoms with Crippen LogP contribution in [-0.2, 0) is 13.2 Å². The minimum Gasteiger partial charge on any atom is -0.493 e. The number of rotatable bonds is 9. The Morgan fingerprint density at radius 2 is 1.97 bits per heavy atom. The van der Waals surface area contributed by atoms with Crippen molar-refractivity contribution in [3.05, 3.63) is 76.0 Å². The van der Waals surface area contributed by atoms with Crippen LogP contribution in [-0.4, -0.2) is 29.3 Å². The fraction of sp³-hybridized carbons (Fsp3) is 0.273. The van der Waals surface area contributed by atoms with Gasteiger partial charge in [0.1, 0.15) is 6.61 Å². The second-order valence-corrected chi connectivity index (χ2v) is 7.43. The number of aryl methyl sites for hydroxylation is 2. The Kier molecular flexibility index (Phi) is 7.30. The van der Waals surface area contributed by atoms with Crippen molar-refractivity contribution in [3.8, 4) is 11.5 Å². The summed E-state index contributed by atoms with van der Waals surface area (Å²) in [4.78, 5) is 12.4. The number of nitrogens with one attached hydrogen (secondary N) is 1. The number of halogens is 1. The maximum Gasteiger partial charge on any atom is 0.251 e. The Bertz CT molecular complexity index is 952. The lowest BCUT2D eigenvalue weighted by molar-refractivity contribution is 0.0952. The standard InChI is InChI=1S/C22H24BrN3O3/c1-16-19(23)14-26(25-16)12-6-11-24-22(27)18-8-5-7-17(13-18)15-29-21-10-4-3-9-20(21)28-2/h3-5,7-10,13-14H,6,11-12,15H2,1-2H3,(H,24,27). The van der Waals surface area contributed by atoms with Crippen LogP contribution in [0.3, 0.4) is 0 Å². The molecular formula is C22H24BrN3O3. The van der Waals surface area contributed by atoms with Crippen LogP contribution in [0.4, 0.5) is 0 Å². The topological polar surface area (TPSA) is 65.4 Å². The van der Waals surface area contributed by atoms with Gasteiger partial charge in [-0.1, -0.05) is 24.3 Å². The van der Waals surface area contributed by atoms with Gasteiger partial charge in [-0.25, -0.2) is 0 Å². The molecule has 1 heterocycles. The second kappa shape index (κ2) is 10.1. The molecule has 0 bridgehead atoms. The van der Waals surface area contributed by atoms with Crippen LogP contribution >= 0.6 is 15.9 Å². The molecule has 152 valence electrons. The van der Waals surface area contributed by atoms with Gasteiger partial charge in [-0.05, 0) is 59.1 Å². The molecule has 0 saturated heterocycles. The van der Waals surface area contributed by atoms with Crippen molar-refractivity contribution in [2.75, 3.05) is 13.7 Å². The first-order chi connectivity index (χ1) is 14.1. The van der Waals surface area contributed by atoms with Crippen LogP contribution in [0.1, 0.15) is 28.0 Å². The summed E-state index contributed by atoms with van der Waals surface area (Å²) in [7, 11) is 1.61. The number of carbonyl (C=O) groups is 1. The average Bonchev–Trinajstić information content (AvgIpc) is 3.07. The highest BCUT2D eigenvalue weighted by molar-refractivity contribution is 9.10. The molecule has 29 heavy (non-hydrogen) atoms. The van der Waals surface area contributed by atoms with E-state index in [9.17, 15) is 4.79 Å². The highest BCUT2D eigenvalue weighted by atomic mass is 79.9. The number of methoxy groups -OCH3 is 1. The van der Waals surface area contributed by atoms with Crippen molar-refractivity contribution in [2.45, 2.75) is 26.5 Å². The lowest BCUT2D eigenvalue weighted by atomic mass is 10.1. The van der Waals surface area contributed by atoms with Crippen LogP contribution in [0.2, 0.25) is 0 Å². The van der Waals surface area contributed by atoms with E-state index in [1.54, 1.807) is 13.2 Å². The summed E-state index contributed by atoms with van der Waals surface area (Å²) in [5.74, 6) is 1.26. The molecule has 0 aliphatic heterocycles. The van der Waals surface area contributed by atoms with E-state index in [1.165, 1.54) is 0 Å². The summed E-state index contributed by atoms with van der Waals surface area (Å²) >= 11 is 3.45. The molecule has 0 aliphatic rings. The van der Waals surface area contributed by atoms with Crippen LogP contribution < -0.4 is 14.8 Å². The predicted octanol–water partition coefficient (Wildman–Crippen LogP) is 4.36. The summed E-state index contributed by atoms with van der Waals surface area (Å²) < 4.78 is 14.0. The fourth-order valence-electron chi connectivity index (χ4n) is 2.85. The van der Waals surface area contributed by atoms with E-state index < -0.39 is 0 Å². The molecule has 3 aromatic rings. The number of hydrogen-bond donors (Lipinski definition) is 1. The molecule has 0 atom stereocenters. The number of hydrogen-bond acceptors (Lipinski definition) is 4. The van der Waals surface area contributed by atoms with Gasteiger partial charge in [0.25, 0.3) is 5.91 Å². The van der Waals surface area contributed by atoms with E-state index in [0.717, 1.165) is 28.7 Å². The monoisotopic (exact) mass is 457 g/mol. The lowest BCUT2D eigenvalue weighted by Gasteiger charge is -2.11. The Balaban J connectivity index is 1.49. The highest BCUT2D eigenvalue weighted by Gasteiger charge is 2.08. The molecule has 0 saturated carbocycles. The molecule has 0 spiro atoms. The van der Waals surface area contributed by atoms with Gasteiger partial charge < -0.3 is 14.8 Å². The van der Waals surface area contributed by atoms with Crippen LogP contribution in [0.15, 0.2) is 59.2 Å². The normalized spacial score (nSPS) is 10.6. The largest absolute Gasteiger partial charge is 0.493 e. The van der Waals surface area contributed by atoms with Gasteiger partial charge in [0.05, 0.1) is 17.3 Å². The summed E-state index contributed by atoms with van der Waals surface area (Å²) in [6, 6.07) is 14.9. The zero-order valence-electron chi connectivity index (χ0n) is 16.5. The fourth-order valence-corrected chi connectivity index (χ4v) is 3.17. The number of ether oxygens (including phenoxy) is 2. The third-order valence-electron chi connectivity index (χ3n) is 4.39. The molecule has 1 aromatic heterocycles. The molecular weight excluding hydrogens is 434 g/mol. The third-order valence-corrected chi connectivity index (χ3v) is 5.17. The molecule has 2 aromatic carbocycles. The molecule has 0 radical (unpaired) electrons. The first-order valence-corrected chi connectivity index (χ1v) is 10.2. The zero-order chi connectivity index (χ0) is 20.6. The zero-order valence-corrected chi connectivity index (χ0v) is 18.1. The third kappa shape index (κ3) is 5.84. The first-order valence-electron chi connectivity index (χ1n) is 9.39. The Morgan fingerprint density at radius 3 is 2.69 bits per heavy atom. The summed E-state index contributed by atoms with van der Waals surface area (Å²) in [5, 5.41) is 7.35. The SMILES string of the molecule is COc1ccccc1OCc1cccc(C(=O)NCCCn2cc(Br)c(C)n2)c1. The van der Waals surface area contributed by atoms with Crippen molar-refractivity contribution < 1.29 is 14.3 Å².